The minimum absolute atomic E-state index is 0.0319. The molecule has 0 aliphatic carbocycles. The SMILES string of the molecule is Cc1ccc(C#CCO)cc1NC(=O)CN1CCCC1=O. The first-order valence-electron chi connectivity index (χ1n) is 6.88. The highest BCUT2D eigenvalue weighted by molar-refractivity contribution is 5.95. The van der Waals surface area contributed by atoms with Crippen LogP contribution < -0.4 is 5.32 Å². The van der Waals surface area contributed by atoms with E-state index in [0.717, 1.165) is 17.5 Å². The molecule has 1 heterocycles. The summed E-state index contributed by atoms with van der Waals surface area (Å²) in [5.41, 5.74) is 2.32. The Bertz CT molecular complexity index is 614. The summed E-state index contributed by atoms with van der Waals surface area (Å²) >= 11 is 0. The molecule has 21 heavy (non-hydrogen) atoms. The summed E-state index contributed by atoms with van der Waals surface area (Å²) in [6.07, 6.45) is 1.34. The van der Waals surface area contributed by atoms with Crippen molar-refractivity contribution >= 4 is 17.5 Å². The van der Waals surface area contributed by atoms with Crippen LogP contribution in [0.4, 0.5) is 5.69 Å². The number of nitrogens with zero attached hydrogens (tertiary/aromatic N) is 1. The molecule has 1 aliphatic rings. The Balaban J connectivity index is 2.04. The molecule has 5 nitrogen and oxygen atoms in total. The molecule has 0 spiro atoms. The number of hydrogen-bond acceptors (Lipinski definition) is 3. The van der Waals surface area contributed by atoms with Crippen molar-refractivity contribution in [1.29, 1.82) is 0 Å². The maximum atomic E-state index is 12.0. The van der Waals surface area contributed by atoms with Crippen LogP contribution in [-0.2, 0) is 9.59 Å². The molecule has 0 atom stereocenters. The number of rotatable bonds is 3. The van der Waals surface area contributed by atoms with Gasteiger partial charge in [0.25, 0.3) is 0 Å². The van der Waals surface area contributed by atoms with Crippen LogP contribution in [0.15, 0.2) is 18.2 Å². The zero-order chi connectivity index (χ0) is 15.2. The van der Waals surface area contributed by atoms with Gasteiger partial charge in [-0.1, -0.05) is 17.9 Å². The molecule has 110 valence electrons. The average molecular weight is 286 g/mol. The van der Waals surface area contributed by atoms with Crippen LogP contribution in [-0.4, -0.2) is 41.5 Å². The zero-order valence-corrected chi connectivity index (χ0v) is 12.0. The number of aryl methyl sites for hydroxylation is 1. The van der Waals surface area contributed by atoms with Crippen LogP contribution in [0.2, 0.25) is 0 Å². The second-order valence-electron chi connectivity index (χ2n) is 4.96. The summed E-state index contributed by atoms with van der Waals surface area (Å²) in [7, 11) is 0. The van der Waals surface area contributed by atoms with Crippen molar-refractivity contribution < 1.29 is 14.7 Å². The van der Waals surface area contributed by atoms with Gasteiger partial charge in [0, 0.05) is 24.2 Å². The van der Waals surface area contributed by atoms with Gasteiger partial charge in [0.2, 0.25) is 11.8 Å². The predicted octanol–water partition coefficient (Wildman–Crippen LogP) is 0.900. The van der Waals surface area contributed by atoms with E-state index in [1.807, 2.05) is 19.1 Å². The number of amides is 2. The van der Waals surface area contributed by atoms with E-state index in [9.17, 15) is 9.59 Å². The maximum absolute atomic E-state index is 12.0. The topological polar surface area (TPSA) is 69.6 Å². The molecule has 1 aromatic rings. The first-order valence-corrected chi connectivity index (χ1v) is 6.88. The van der Waals surface area contributed by atoms with Gasteiger partial charge >= 0.3 is 0 Å². The number of aliphatic hydroxyl groups excluding tert-OH is 1. The molecule has 1 aliphatic heterocycles. The Hall–Kier alpha value is -2.32. The molecule has 2 amide bonds. The van der Waals surface area contributed by atoms with Crippen molar-refractivity contribution in [2.24, 2.45) is 0 Å². The predicted molar refractivity (Wildman–Crippen MR) is 79.6 cm³/mol. The highest BCUT2D eigenvalue weighted by Gasteiger charge is 2.22. The summed E-state index contributed by atoms with van der Waals surface area (Å²) in [5.74, 6) is 5.19. The van der Waals surface area contributed by atoms with Gasteiger partial charge < -0.3 is 15.3 Å². The lowest BCUT2D eigenvalue weighted by molar-refractivity contribution is -0.131. The fourth-order valence-corrected chi connectivity index (χ4v) is 2.21. The lowest BCUT2D eigenvalue weighted by Crippen LogP contribution is -2.34. The van der Waals surface area contributed by atoms with Crippen molar-refractivity contribution in [2.45, 2.75) is 19.8 Å². The number of benzene rings is 1. The molecule has 1 saturated heterocycles. The van der Waals surface area contributed by atoms with E-state index in [0.29, 0.717) is 18.7 Å². The third kappa shape index (κ3) is 4.07. The number of nitrogens with one attached hydrogen (secondary N) is 1. The highest BCUT2D eigenvalue weighted by Crippen LogP contribution is 2.17. The van der Waals surface area contributed by atoms with Crippen LogP contribution in [0, 0.1) is 18.8 Å². The molecular weight excluding hydrogens is 268 g/mol. The van der Waals surface area contributed by atoms with Gasteiger partial charge in [0.15, 0.2) is 0 Å². The fourth-order valence-electron chi connectivity index (χ4n) is 2.21. The molecule has 0 radical (unpaired) electrons. The Kier molecular flexibility index (Phi) is 4.96. The number of carbonyl (C=O) groups is 2. The standard InChI is InChI=1S/C16H18N2O3/c1-12-6-7-13(4-3-9-19)10-14(12)17-15(20)11-18-8-2-5-16(18)21/h6-7,10,19H,2,5,8-9,11H2,1H3,(H,17,20). The van der Waals surface area contributed by atoms with E-state index in [1.54, 1.807) is 11.0 Å². The minimum atomic E-state index is -0.208. The van der Waals surface area contributed by atoms with Crippen molar-refractivity contribution in [1.82, 2.24) is 4.90 Å². The van der Waals surface area contributed by atoms with E-state index < -0.39 is 0 Å². The molecule has 0 saturated carbocycles. The lowest BCUT2D eigenvalue weighted by atomic mass is 10.1. The highest BCUT2D eigenvalue weighted by atomic mass is 16.2. The summed E-state index contributed by atoms with van der Waals surface area (Å²) in [4.78, 5) is 25.1. The first-order chi connectivity index (χ1) is 10.1. The van der Waals surface area contributed by atoms with Gasteiger partial charge in [-0.05, 0) is 31.0 Å². The normalized spacial score (nSPS) is 13.8. The van der Waals surface area contributed by atoms with Gasteiger partial charge in [-0.15, -0.1) is 0 Å². The van der Waals surface area contributed by atoms with Crippen LogP contribution >= 0.6 is 0 Å². The van der Waals surface area contributed by atoms with Crippen LogP contribution in [0.5, 0.6) is 0 Å². The molecule has 2 N–H and O–H groups in total. The van der Waals surface area contributed by atoms with Gasteiger partial charge in [-0.25, -0.2) is 0 Å². The molecule has 0 unspecified atom stereocenters. The van der Waals surface area contributed by atoms with E-state index >= 15 is 0 Å². The number of likely N-dealkylation sites (tertiary alicyclic amines) is 1. The number of carbonyl (C=O) groups excluding carboxylic acids is 2. The van der Waals surface area contributed by atoms with E-state index in [4.69, 9.17) is 5.11 Å². The third-order valence-electron chi connectivity index (χ3n) is 3.33. The number of aliphatic hydroxyl groups is 1. The third-order valence-corrected chi connectivity index (χ3v) is 3.33. The van der Waals surface area contributed by atoms with Gasteiger partial charge in [0.1, 0.15) is 6.61 Å². The van der Waals surface area contributed by atoms with E-state index in [-0.39, 0.29) is 25.0 Å². The van der Waals surface area contributed by atoms with Crippen LogP contribution in [0.1, 0.15) is 24.0 Å². The quantitative estimate of drug-likeness (QED) is 0.811. The first kappa shape index (κ1) is 15.1. The summed E-state index contributed by atoms with van der Waals surface area (Å²) in [5, 5.41) is 11.5. The molecule has 1 aromatic carbocycles. The van der Waals surface area contributed by atoms with Crippen molar-refractivity contribution in [3.05, 3.63) is 29.3 Å². The molecule has 5 heteroatoms. The lowest BCUT2D eigenvalue weighted by Gasteiger charge is -2.16. The van der Waals surface area contributed by atoms with Gasteiger partial charge in [0.05, 0.1) is 6.54 Å². The Morgan fingerprint density at radius 2 is 2.29 bits per heavy atom. The molecule has 0 aromatic heterocycles. The smallest absolute Gasteiger partial charge is 0.244 e. The van der Waals surface area contributed by atoms with E-state index in [1.165, 1.54) is 0 Å². The Morgan fingerprint density at radius 3 is 2.95 bits per heavy atom. The minimum Gasteiger partial charge on any atom is -0.384 e. The molecule has 2 rings (SSSR count). The van der Waals surface area contributed by atoms with E-state index in [2.05, 4.69) is 17.2 Å². The van der Waals surface area contributed by atoms with Crippen LogP contribution in [0.3, 0.4) is 0 Å². The maximum Gasteiger partial charge on any atom is 0.244 e. The summed E-state index contributed by atoms with van der Waals surface area (Å²) in [6.45, 7) is 2.42. The molecule has 0 bridgehead atoms. The Labute approximate surface area is 124 Å². The summed E-state index contributed by atoms with van der Waals surface area (Å²) < 4.78 is 0. The van der Waals surface area contributed by atoms with Crippen LogP contribution in [0.25, 0.3) is 0 Å². The monoisotopic (exact) mass is 286 g/mol. The summed E-state index contributed by atoms with van der Waals surface area (Å²) in [6, 6.07) is 5.46. The van der Waals surface area contributed by atoms with Gasteiger partial charge in [-0.3, -0.25) is 9.59 Å². The zero-order valence-electron chi connectivity index (χ0n) is 12.0. The average Bonchev–Trinajstić information content (AvgIpc) is 2.85. The van der Waals surface area contributed by atoms with Gasteiger partial charge in [-0.2, -0.15) is 0 Å². The largest absolute Gasteiger partial charge is 0.384 e. The molecular formula is C16H18N2O3. The molecule has 1 fully saturated rings. The fraction of sp³-hybridized carbons (Fsp3) is 0.375. The van der Waals surface area contributed by atoms with Crippen molar-refractivity contribution in [3.8, 4) is 11.8 Å². The number of hydrogen-bond donors (Lipinski definition) is 2. The second-order valence-corrected chi connectivity index (χ2v) is 4.96. The van der Waals surface area contributed by atoms with Crippen molar-refractivity contribution in [3.63, 3.8) is 0 Å². The number of anilines is 1. The second kappa shape index (κ2) is 6.91. The van der Waals surface area contributed by atoms with Crippen molar-refractivity contribution in [2.75, 3.05) is 25.0 Å². The Morgan fingerprint density at radius 1 is 1.48 bits per heavy atom.